The monoisotopic (exact) mass is 1310 g/mol. The van der Waals surface area contributed by atoms with Crippen LogP contribution in [0.4, 0.5) is 0 Å². The van der Waals surface area contributed by atoms with Crippen LogP contribution < -0.4 is 0 Å². The van der Waals surface area contributed by atoms with Gasteiger partial charge in [0.1, 0.15) is 19.3 Å². The van der Waals surface area contributed by atoms with E-state index in [1.807, 2.05) is 0 Å². The Hall–Kier alpha value is -1.94. The van der Waals surface area contributed by atoms with Gasteiger partial charge in [-0.25, -0.2) is 9.13 Å². The van der Waals surface area contributed by atoms with Crippen LogP contribution in [0.15, 0.2) is 0 Å². The van der Waals surface area contributed by atoms with Gasteiger partial charge in [-0.1, -0.05) is 293 Å². The molecule has 17 nitrogen and oxygen atoms in total. The molecule has 0 spiro atoms. The van der Waals surface area contributed by atoms with Gasteiger partial charge in [-0.2, -0.15) is 0 Å². The second kappa shape index (κ2) is 59.8. The van der Waals surface area contributed by atoms with Gasteiger partial charge in [0.25, 0.3) is 0 Å². The first-order valence-corrected chi connectivity index (χ1v) is 39.2. The van der Waals surface area contributed by atoms with Crippen molar-refractivity contribution in [2.45, 2.75) is 363 Å². The molecule has 0 rings (SSSR count). The van der Waals surface area contributed by atoms with Crippen molar-refractivity contribution in [3.63, 3.8) is 0 Å². The van der Waals surface area contributed by atoms with E-state index in [0.29, 0.717) is 31.6 Å². The molecule has 0 amide bonds. The summed E-state index contributed by atoms with van der Waals surface area (Å²) in [5.74, 6) is 0.854. The van der Waals surface area contributed by atoms with Crippen LogP contribution >= 0.6 is 15.6 Å². The molecule has 0 heterocycles. The van der Waals surface area contributed by atoms with Crippen LogP contribution in [-0.4, -0.2) is 96.7 Å². The van der Waals surface area contributed by atoms with Crippen molar-refractivity contribution in [1.82, 2.24) is 0 Å². The predicted octanol–water partition coefficient (Wildman–Crippen LogP) is 19.7. The fourth-order valence-corrected chi connectivity index (χ4v) is 12.0. The number of hydrogen-bond donors (Lipinski definition) is 3. The number of unbranched alkanes of at least 4 members (excludes halogenated alkanes) is 32. The number of esters is 4. The highest BCUT2D eigenvalue weighted by Crippen LogP contribution is 2.45. The second-order valence-electron chi connectivity index (χ2n) is 26.9. The van der Waals surface area contributed by atoms with E-state index < -0.39 is 97.5 Å². The molecule has 0 aliphatic rings. The standard InChI is InChI=1S/C70H136O17P2/c1-9-63(8)49-41-33-25-18-20-27-35-43-51-68(73)81-56-65(86-69(74)52-44-36-28-16-14-12-10-11-13-15-22-30-38-46-60(2)3)58-84-88(76,77)82-54-64(71)55-83-89(78,79)85-59-66(87-70(75)53-45-37-29-21-24-32-40-48-62(6)7)57-80-67(72)50-42-34-26-19-17-23-31-39-47-61(4)5/h60-66,71H,9-59H2,1-8H3,(H,76,77)(H,78,79)/t63?,64?,65-,66-/m1/s1. The first kappa shape index (κ1) is 87.1. The lowest BCUT2D eigenvalue weighted by Crippen LogP contribution is -2.30. The molecular formula is C70H136O17P2. The molecule has 3 N–H and O–H groups in total. The topological polar surface area (TPSA) is 237 Å². The van der Waals surface area contributed by atoms with E-state index in [4.69, 9.17) is 37.0 Å². The highest BCUT2D eigenvalue weighted by molar-refractivity contribution is 7.47. The molecule has 0 aromatic heterocycles. The van der Waals surface area contributed by atoms with Gasteiger partial charge in [0.15, 0.2) is 12.2 Å². The SMILES string of the molecule is CCC(C)CCCCCCCCCCC(=O)OC[C@H](COP(=O)(O)OCC(O)COP(=O)(O)OC[C@@H](COC(=O)CCCCCCCCCCC(C)C)OC(=O)CCCCCCCCCC(C)C)OC(=O)CCCCCCCCCCCCCCCC(C)C. The van der Waals surface area contributed by atoms with Crippen molar-refractivity contribution in [3.8, 4) is 0 Å². The number of rotatable bonds is 67. The van der Waals surface area contributed by atoms with E-state index in [-0.39, 0.29) is 25.7 Å². The molecule has 0 aromatic rings. The van der Waals surface area contributed by atoms with Gasteiger partial charge in [0.2, 0.25) is 0 Å². The fraction of sp³-hybridized carbons (Fsp3) is 0.943. The summed E-state index contributed by atoms with van der Waals surface area (Å²) in [4.78, 5) is 72.5. The maximum Gasteiger partial charge on any atom is 0.472 e. The molecule has 0 bridgehead atoms. The average Bonchev–Trinajstić information content (AvgIpc) is 3.70. The smallest absolute Gasteiger partial charge is 0.462 e. The summed E-state index contributed by atoms with van der Waals surface area (Å²) < 4.78 is 68.3. The fourth-order valence-electron chi connectivity index (χ4n) is 10.5. The van der Waals surface area contributed by atoms with Gasteiger partial charge in [0.05, 0.1) is 26.4 Å². The minimum absolute atomic E-state index is 0.102. The molecule has 0 fully saturated rings. The summed E-state index contributed by atoms with van der Waals surface area (Å²) >= 11 is 0. The highest BCUT2D eigenvalue weighted by atomic mass is 31.2. The van der Waals surface area contributed by atoms with E-state index in [0.717, 1.165) is 108 Å². The average molecular weight is 1310 g/mol. The Kier molecular flexibility index (Phi) is 58.5. The van der Waals surface area contributed by atoms with Gasteiger partial charge in [-0.15, -0.1) is 0 Å². The van der Waals surface area contributed by atoms with Crippen LogP contribution in [0.5, 0.6) is 0 Å². The summed E-state index contributed by atoms with van der Waals surface area (Å²) in [5.41, 5.74) is 0. The molecule has 0 aliphatic carbocycles. The third-order valence-electron chi connectivity index (χ3n) is 16.4. The number of carbonyl (C=O) groups excluding carboxylic acids is 4. The Labute approximate surface area is 543 Å². The molecule has 6 atom stereocenters. The van der Waals surface area contributed by atoms with Crippen LogP contribution in [-0.2, 0) is 65.4 Å². The Balaban J connectivity index is 5.25. The summed E-state index contributed by atoms with van der Waals surface area (Å²) in [6.07, 6.45) is 41.7. The maximum absolute atomic E-state index is 13.0. The molecule has 528 valence electrons. The van der Waals surface area contributed by atoms with Gasteiger partial charge < -0.3 is 33.8 Å². The summed E-state index contributed by atoms with van der Waals surface area (Å²) in [5, 5.41) is 10.6. The van der Waals surface area contributed by atoms with Crippen molar-refractivity contribution < 1.29 is 80.2 Å². The predicted molar refractivity (Wildman–Crippen MR) is 358 cm³/mol. The van der Waals surface area contributed by atoms with E-state index >= 15 is 0 Å². The largest absolute Gasteiger partial charge is 0.472 e. The lowest BCUT2D eigenvalue weighted by atomic mass is 9.99. The summed E-state index contributed by atoms with van der Waals surface area (Å²) in [6.45, 7) is 14.1. The Morgan fingerprint density at radius 1 is 0.315 bits per heavy atom. The Bertz CT molecular complexity index is 1770. The zero-order valence-corrected chi connectivity index (χ0v) is 59.8. The zero-order chi connectivity index (χ0) is 66.1. The number of hydrogen-bond acceptors (Lipinski definition) is 15. The molecule has 4 unspecified atom stereocenters. The Morgan fingerprint density at radius 2 is 0.539 bits per heavy atom. The quantitative estimate of drug-likeness (QED) is 0.0222. The minimum Gasteiger partial charge on any atom is -0.462 e. The molecule has 0 saturated carbocycles. The van der Waals surface area contributed by atoms with Crippen molar-refractivity contribution in [3.05, 3.63) is 0 Å². The van der Waals surface area contributed by atoms with Gasteiger partial charge >= 0.3 is 39.5 Å². The van der Waals surface area contributed by atoms with Crippen LogP contribution in [0.2, 0.25) is 0 Å². The van der Waals surface area contributed by atoms with Crippen molar-refractivity contribution >= 4 is 39.5 Å². The molecule has 0 aromatic carbocycles. The number of phosphoric ester groups is 2. The van der Waals surface area contributed by atoms with Crippen molar-refractivity contribution in [2.24, 2.45) is 23.7 Å². The van der Waals surface area contributed by atoms with Crippen LogP contribution in [0.1, 0.15) is 344 Å². The van der Waals surface area contributed by atoms with Gasteiger partial charge in [-0.3, -0.25) is 37.3 Å². The van der Waals surface area contributed by atoms with Crippen LogP contribution in [0, 0.1) is 23.7 Å². The highest BCUT2D eigenvalue weighted by Gasteiger charge is 2.30. The summed E-state index contributed by atoms with van der Waals surface area (Å²) in [6, 6.07) is 0. The van der Waals surface area contributed by atoms with Crippen LogP contribution in [0.25, 0.3) is 0 Å². The third-order valence-corrected chi connectivity index (χ3v) is 18.3. The van der Waals surface area contributed by atoms with Gasteiger partial charge in [-0.05, 0) is 49.4 Å². The van der Waals surface area contributed by atoms with Crippen molar-refractivity contribution in [1.29, 1.82) is 0 Å². The van der Waals surface area contributed by atoms with E-state index in [1.165, 1.54) is 148 Å². The lowest BCUT2D eigenvalue weighted by molar-refractivity contribution is -0.161. The molecule has 0 radical (unpaired) electrons. The van der Waals surface area contributed by atoms with Gasteiger partial charge in [0, 0.05) is 25.7 Å². The minimum atomic E-state index is -4.95. The lowest BCUT2D eigenvalue weighted by Gasteiger charge is -2.21. The number of aliphatic hydroxyl groups is 1. The molecule has 0 aliphatic heterocycles. The molecular weight excluding hydrogens is 1170 g/mol. The normalized spacial score (nSPS) is 14.6. The van der Waals surface area contributed by atoms with Crippen LogP contribution in [0.3, 0.4) is 0 Å². The number of aliphatic hydroxyl groups excluding tert-OH is 1. The molecule has 89 heavy (non-hydrogen) atoms. The summed E-state index contributed by atoms with van der Waals surface area (Å²) in [7, 11) is -9.90. The first-order valence-electron chi connectivity index (χ1n) is 36.2. The number of ether oxygens (including phenoxy) is 4. The number of phosphoric acid groups is 2. The first-order chi connectivity index (χ1) is 42.6. The second-order valence-corrected chi connectivity index (χ2v) is 29.8. The van der Waals surface area contributed by atoms with E-state index in [9.17, 15) is 43.2 Å². The van der Waals surface area contributed by atoms with E-state index in [1.54, 1.807) is 0 Å². The molecule has 19 heteroatoms. The van der Waals surface area contributed by atoms with E-state index in [2.05, 4.69) is 55.4 Å². The zero-order valence-electron chi connectivity index (χ0n) is 58.1. The number of carbonyl (C=O) groups is 4. The maximum atomic E-state index is 13.0. The Morgan fingerprint density at radius 3 is 0.798 bits per heavy atom. The van der Waals surface area contributed by atoms with Crippen molar-refractivity contribution in [2.75, 3.05) is 39.6 Å². The molecule has 0 saturated heterocycles. The third kappa shape index (κ3) is 63.2.